The summed E-state index contributed by atoms with van der Waals surface area (Å²) in [6.07, 6.45) is 5.06. The van der Waals surface area contributed by atoms with Gasteiger partial charge in [0.15, 0.2) is 0 Å². The number of piperidine rings is 1. The van der Waals surface area contributed by atoms with E-state index in [2.05, 4.69) is 36.5 Å². The van der Waals surface area contributed by atoms with Crippen molar-refractivity contribution >= 4 is 0 Å². The van der Waals surface area contributed by atoms with Gasteiger partial charge in [-0.25, -0.2) is 0 Å². The van der Waals surface area contributed by atoms with Crippen LogP contribution in [0.5, 0.6) is 0 Å². The first-order valence-electron chi connectivity index (χ1n) is 6.52. The van der Waals surface area contributed by atoms with Crippen LogP contribution in [0.3, 0.4) is 0 Å². The quantitative estimate of drug-likeness (QED) is 0.827. The summed E-state index contributed by atoms with van der Waals surface area (Å²) in [5.74, 6) is 0. The molecule has 0 bridgehead atoms. The fraction of sp³-hybridized carbons (Fsp3) is 0.769. The molecule has 1 aromatic heterocycles. The van der Waals surface area contributed by atoms with E-state index in [-0.39, 0.29) is 0 Å². The highest BCUT2D eigenvalue weighted by Crippen LogP contribution is 2.25. The van der Waals surface area contributed by atoms with Crippen molar-refractivity contribution in [2.75, 3.05) is 13.1 Å². The molecule has 96 valence electrons. The molecule has 0 radical (unpaired) electrons. The summed E-state index contributed by atoms with van der Waals surface area (Å²) < 4.78 is 1.99. The second-order valence-electron chi connectivity index (χ2n) is 5.80. The van der Waals surface area contributed by atoms with Crippen LogP contribution < -0.4 is 10.6 Å². The molecule has 2 unspecified atom stereocenters. The van der Waals surface area contributed by atoms with Gasteiger partial charge in [-0.05, 0) is 31.4 Å². The predicted molar refractivity (Wildman–Crippen MR) is 69.9 cm³/mol. The standard InChI is InChI=1S/C13H24N4/c1-11(9-17-8-4-6-15-17)16-12-5-7-14-10-13(12,2)3/h4,6,8,11-12,14,16H,5,7,9-10H2,1-3H3. The van der Waals surface area contributed by atoms with Gasteiger partial charge in [-0.1, -0.05) is 13.8 Å². The average molecular weight is 236 g/mol. The van der Waals surface area contributed by atoms with Gasteiger partial charge in [-0.3, -0.25) is 4.68 Å². The van der Waals surface area contributed by atoms with E-state index < -0.39 is 0 Å². The molecule has 0 spiro atoms. The molecule has 4 nitrogen and oxygen atoms in total. The Morgan fingerprint density at radius 2 is 2.41 bits per heavy atom. The molecule has 1 aromatic rings. The van der Waals surface area contributed by atoms with Crippen molar-refractivity contribution < 1.29 is 0 Å². The van der Waals surface area contributed by atoms with Crippen molar-refractivity contribution in [2.45, 2.75) is 45.8 Å². The Kier molecular flexibility index (Phi) is 3.84. The Morgan fingerprint density at radius 1 is 1.59 bits per heavy atom. The van der Waals surface area contributed by atoms with E-state index >= 15 is 0 Å². The third-order valence-corrected chi connectivity index (χ3v) is 3.64. The van der Waals surface area contributed by atoms with E-state index in [9.17, 15) is 0 Å². The molecular weight excluding hydrogens is 212 g/mol. The Morgan fingerprint density at radius 3 is 3.06 bits per heavy atom. The zero-order valence-corrected chi connectivity index (χ0v) is 11.1. The Hall–Kier alpha value is -0.870. The SMILES string of the molecule is CC(Cn1cccn1)NC1CCNCC1(C)C. The van der Waals surface area contributed by atoms with Crippen LogP contribution in [0.4, 0.5) is 0 Å². The van der Waals surface area contributed by atoms with Gasteiger partial charge < -0.3 is 10.6 Å². The van der Waals surface area contributed by atoms with Gasteiger partial charge in [0.1, 0.15) is 0 Å². The maximum absolute atomic E-state index is 4.25. The van der Waals surface area contributed by atoms with Gasteiger partial charge in [-0.15, -0.1) is 0 Å². The number of nitrogens with zero attached hydrogens (tertiary/aromatic N) is 2. The Bertz CT molecular complexity index is 331. The van der Waals surface area contributed by atoms with Gasteiger partial charge in [0, 0.05) is 31.0 Å². The summed E-state index contributed by atoms with van der Waals surface area (Å²) in [7, 11) is 0. The predicted octanol–water partition coefficient (Wildman–Crippen LogP) is 1.25. The molecule has 0 amide bonds. The molecule has 0 saturated carbocycles. The Balaban J connectivity index is 1.87. The third kappa shape index (κ3) is 3.30. The minimum absolute atomic E-state index is 0.330. The monoisotopic (exact) mass is 236 g/mol. The fourth-order valence-corrected chi connectivity index (χ4v) is 2.57. The van der Waals surface area contributed by atoms with E-state index in [4.69, 9.17) is 0 Å². The first kappa shape index (κ1) is 12.6. The maximum atomic E-state index is 4.25. The topological polar surface area (TPSA) is 41.9 Å². The second kappa shape index (κ2) is 5.19. The molecule has 1 aliphatic heterocycles. The molecule has 2 N–H and O–H groups in total. The molecule has 0 aliphatic carbocycles. The van der Waals surface area contributed by atoms with Gasteiger partial charge in [0.2, 0.25) is 0 Å². The molecule has 4 heteroatoms. The molecule has 1 saturated heterocycles. The second-order valence-corrected chi connectivity index (χ2v) is 5.80. The van der Waals surface area contributed by atoms with E-state index in [0.717, 1.165) is 19.6 Å². The summed E-state index contributed by atoms with van der Waals surface area (Å²) >= 11 is 0. The van der Waals surface area contributed by atoms with Gasteiger partial charge in [0.25, 0.3) is 0 Å². The smallest absolute Gasteiger partial charge is 0.0560 e. The first-order valence-corrected chi connectivity index (χ1v) is 6.52. The lowest BCUT2D eigenvalue weighted by Crippen LogP contribution is -2.55. The van der Waals surface area contributed by atoms with Crippen LogP contribution in [0.1, 0.15) is 27.2 Å². The van der Waals surface area contributed by atoms with Crippen LogP contribution in [0.25, 0.3) is 0 Å². The lowest BCUT2D eigenvalue weighted by atomic mass is 9.79. The van der Waals surface area contributed by atoms with Crippen molar-refractivity contribution in [3.63, 3.8) is 0 Å². The lowest BCUT2D eigenvalue weighted by molar-refractivity contribution is 0.169. The van der Waals surface area contributed by atoms with Crippen LogP contribution in [-0.2, 0) is 6.54 Å². The largest absolute Gasteiger partial charge is 0.316 e. The molecule has 2 atom stereocenters. The molecular formula is C13H24N4. The summed E-state index contributed by atoms with van der Waals surface area (Å²) in [5.41, 5.74) is 0.330. The lowest BCUT2D eigenvalue weighted by Gasteiger charge is -2.41. The molecule has 1 fully saturated rings. The Labute approximate surface area is 104 Å². The van der Waals surface area contributed by atoms with Crippen LogP contribution in [0.2, 0.25) is 0 Å². The van der Waals surface area contributed by atoms with Crippen molar-refractivity contribution in [3.8, 4) is 0 Å². The number of aromatic nitrogens is 2. The summed E-state index contributed by atoms with van der Waals surface area (Å²) in [6.45, 7) is 10.1. The van der Waals surface area contributed by atoms with Gasteiger partial charge in [0.05, 0.1) is 6.54 Å². The highest BCUT2D eigenvalue weighted by atomic mass is 15.3. The maximum Gasteiger partial charge on any atom is 0.0560 e. The van der Waals surface area contributed by atoms with Crippen LogP contribution >= 0.6 is 0 Å². The number of hydrogen-bond acceptors (Lipinski definition) is 3. The molecule has 0 aromatic carbocycles. The number of hydrogen-bond donors (Lipinski definition) is 2. The first-order chi connectivity index (χ1) is 8.08. The molecule has 2 rings (SSSR count). The summed E-state index contributed by atoms with van der Waals surface area (Å²) in [6, 6.07) is 3.02. The van der Waals surface area contributed by atoms with Crippen LogP contribution in [-0.4, -0.2) is 35.0 Å². The van der Waals surface area contributed by atoms with Crippen LogP contribution in [0, 0.1) is 5.41 Å². The van der Waals surface area contributed by atoms with Crippen molar-refractivity contribution in [1.29, 1.82) is 0 Å². The third-order valence-electron chi connectivity index (χ3n) is 3.64. The summed E-state index contributed by atoms with van der Waals surface area (Å²) in [5, 5.41) is 11.5. The average Bonchev–Trinajstić information content (AvgIpc) is 2.73. The number of rotatable bonds is 4. The zero-order chi connectivity index (χ0) is 12.3. The molecule has 1 aliphatic rings. The highest BCUT2D eigenvalue weighted by Gasteiger charge is 2.32. The summed E-state index contributed by atoms with van der Waals surface area (Å²) in [4.78, 5) is 0. The van der Waals surface area contributed by atoms with Crippen molar-refractivity contribution in [1.82, 2.24) is 20.4 Å². The minimum Gasteiger partial charge on any atom is -0.316 e. The van der Waals surface area contributed by atoms with E-state index in [1.54, 1.807) is 0 Å². The van der Waals surface area contributed by atoms with Crippen molar-refractivity contribution in [3.05, 3.63) is 18.5 Å². The minimum atomic E-state index is 0.330. The van der Waals surface area contributed by atoms with Gasteiger partial charge >= 0.3 is 0 Å². The van der Waals surface area contributed by atoms with Crippen LogP contribution in [0.15, 0.2) is 18.5 Å². The fourth-order valence-electron chi connectivity index (χ4n) is 2.57. The number of nitrogens with one attached hydrogen (secondary N) is 2. The van der Waals surface area contributed by atoms with E-state index in [1.165, 1.54) is 6.42 Å². The highest BCUT2D eigenvalue weighted by molar-refractivity contribution is 4.91. The van der Waals surface area contributed by atoms with E-state index in [1.807, 2.05) is 23.1 Å². The van der Waals surface area contributed by atoms with Gasteiger partial charge in [-0.2, -0.15) is 5.10 Å². The van der Waals surface area contributed by atoms with Crippen molar-refractivity contribution in [2.24, 2.45) is 5.41 Å². The molecule has 17 heavy (non-hydrogen) atoms. The normalized spacial score (nSPS) is 25.7. The van der Waals surface area contributed by atoms with E-state index in [0.29, 0.717) is 17.5 Å². The zero-order valence-electron chi connectivity index (χ0n) is 11.1. The molecule has 2 heterocycles.